The van der Waals surface area contributed by atoms with Gasteiger partial charge in [-0.25, -0.2) is 13.8 Å². The molecule has 0 bridgehead atoms. The van der Waals surface area contributed by atoms with Crippen LogP contribution in [0.2, 0.25) is 0 Å². The highest BCUT2D eigenvalue weighted by molar-refractivity contribution is 7.89. The largest absolute Gasteiger partial charge is 0.335 e. The van der Waals surface area contributed by atoms with Gasteiger partial charge in [0.2, 0.25) is 15.9 Å². The maximum atomic E-state index is 12.8. The van der Waals surface area contributed by atoms with Crippen LogP contribution < -0.4 is 5.43 Å². The smallest absolute Gasteiger partial charge is 0.270 e. The number of amides is 2. The van der Waals surface area contributed by atoms with Gasteiger partial charge in [-0.1, -0.05) is 25.5 Å². The lowest BCUT2D eigenvalue weighted by atomic mass is 10.1. The summed E-state index contributed by atoms with van der Waals surface area (Å²) in [5.74, 6) is -0.441. The van der Waals surface area contributed by atoms with E-state index in [1.807, 2.05) is 12.1 Å². The number of nitrogens with one attached hydrogen (secondary N) is 1. The van der Waals surface area contributed by atoms with Crippen molar-refractivity contribution in [1.29, 1.82) is 0 Å². The fourth-order valence-corrected chi connectivity index (χ4v) is 4.63. The second kappa shape index (κ2) is 8.18. The molecule has 2 aliphatic rings. The molecule has 3 rings (SSSR count). The lowest BCUT2D eigenvalue weighted by Gasteiger charge is -2.34. The van der Waals surface area contributed by atoms with Gasteiger partial charge in [0.1, 0.15) is 5.71 Å². The molecule has 0 spiro atoms. The standard InChI is InChI=1S/C18H24N4O4S/c1-2-3-14-4-6-15(7-5-14)27(25,26)22-12-10-21(11-13-22)18(24)16-8-9-17(23)20-19-16/h4-7H,2-3,8-13H2,1H3,(H,20,23). The second-order valence-corrected chi connectivity index (χ2v) is 8.62. The van der Waals surface area contributed by atoms with E-state index in [0.29, 0.717) is 25.2 Å². The zero-order valence-corrected chi connectivity index (χ0v) is 16.2. The van der Waals surface area contributed by atoms with Crippen molar-refractivity contribution in [3.05, 3.63) is 29.8 Å². The predicted molar refractivity (Wildman–Crippen MR) is 101 cm³/mol. The molecule has 9 heteroatoms. The van der Waals surface area contributed by atoms with Crippen molar-refractivity contribution in [3.8, 4) is 0 Å². The topological polar surface area (TPSA) is 99.2 Å². The van der Waals surface area contributed by atoms with Crippen LogP contribution in [-0.4, -0.2) is 61.3 Å². The Labute approximate surface area is 159 Å². The Morgan fingerprint density at radius 2 is 1.78 bits per heavy atom. The van der Waals surface area contributed by atoms with Crippen LogP contribution in [0.1, 0.15) is 31.7 Å². The number of sulfonamides is 1. The average Bonchev–Trinajstić information content (AvgIpc) is 2.69. The Hall–Kier alpha value is -2.26. The molecule has 146 valence electrons. The van der Waals surface area contributed by atoms with E-state index in [4.69, 9.17) is 0 Å². The number of rotatable bonds is 5. The number of benzene rings is 1. The summed E-state index contributed by atoms with van der Waals surface area (Å²) >= 11 is 0. The lowest BCUT2D eigenvalue weighted by molar-refractivity contribution is -0.125. The molecule has 0 aliphatic carbocycles. The molecule has 0 atom stereocenters. The van der Waals surface area contributed by atoms with Gasteiger partial charge in [0.05, 0.1) is 4.90 Å². The highest BCUT2D eigenvalue weighted by Crippen LogP contribution is 2.19. The van der Waals surface area contributed by atoms with Gasteiger partial charge < -0.3 is 4.90 Å². The van der Waals surface area contributed by atoms with Crippen LogP contribution in [0, 0.1) is 0 Å². The molecule has 1 saturated heterocycles. The molecule has 1 aromatic carbocycles. The summed E-state index contributed by atoms with van der Waals surface area (Å²) in [6, 6.07) is 7.01. The summed E-state index contributed by atoms with van der Waals surface area (Å²) in [6.45, 7) is 3.17. The Balaban J connectivity index is 1.62. The molecule has 1 aromatic rings. The van der Waals surface area contributed by atoms with Gasteiger partial charge in [0.25, 0.3) is 5.91 Å². The van der Waals surface area contributed by atoms with Gasteiger partial charge in [-0.05, 0) is 24.1 Å². The van der Waals surface area contributed by atoms with Crippen molar-refractivity contribution in [2.24, 2.45) is 5.10 Å². The molecule has 2 heterocycles. The minimum Gasteiger partial charge on any atom is -0.335 e. The molecule has 8 nitrogen and oxygen atoms in total. The molecule has 0 aromatic heterocycles. The van der Waals surface area contributed by atoms with Crippen molar-refractivity contribution < 1.29 is 18.0 Å². The number of nitrogens with zero attached hydrogens (tertiary/aromatic N) is 3. The number of hydrazone groups is 1. The Morgan fingerprint density at radius 1 is 1.11 bits per heavy atom. The summed E-state index contributed by atoms with van der Waals surface area (Å²) in [5, 5.41) is 3.82. The van der Waals surface area contributed by atoms with Crippen molar-refractivity contribution in [2.45, 2.75) is 37.5 Å². The van der Waals surface area contributed by atoms with Crippen molar-refractivity contribution in [1.82, 2.24) is 14.6 Å². The lowest BCUT2D eigenvalue weighted by Crippen LogP contribution is -2.52. The number of piperazine rings is 1. The summed E-state index contributed by atoms with van der Waals surface area (Å²) < 4.78 is 27.1. The molecular weight excluding hydrogens is 368 g/mol. The number of carbonyl (C=O) groups excluding carboxylic acids is 2. The van der Waals surface area contributed by atoms with E-state index in [2.05, 4.69) is 17.5 Å². The van der Waals surface area contributed by atoms with Gasteiger partial charge >= 0.3 is 0 Å². The van der Waals surface area contributed by atoms with E-state index in [9.17, 15) is 18.0 Å². The quantitative estimate of drug-likeness (QED) is 0.799. The van der Waals surface area contributed by atoms with Gasteiger partial charge in [-0.15, -0.1) is 0 Å². The van der Waals surface area contributed by atoms with E-state index in [-0.39, 0.29) is 36.2 Å². The molecule has 2 aliphatic heterocycles. The summed E-state index contributed by atoms with van der Waals surface area (Å²) in [5.41, 5.74) is 3.75. The van der Waals surface area contributed by atoms with Crippen LogP contribution in [0.4, 0.5) is 0 Å². The minimum atomic E-state index is -3.57. The highest BCUT2D eigenvalue weighted by Gasteiger charge is 2.32. The first-order valence-electron chi connectivity index (χ1n) is 9.15. The highest BCUT2D eigenvalue weighted by atomic mass is 32.2. The number of carbonyl (C=O) groups is 2. The third-order valence-electron chi connectivity index (χ3n) is 4.78. The van der Waals surface area contributed by atoms with Crippen molar-refractivity contribution >= 4 is 27.5 Å². The molecule has 0 radical (unpaired) electrons. The third kappa shape index (κ3) is 4.36. The van der Waals surface area contributed by atoms with E-state index in [0.717, 1.165) is 18.4 Å². The molecule has 0 saturated carbocycles. The third-order valence-corrected chi connectivity index (χ3v) is 6.69. The average molecular weight is 392 g/mol. The normalized spacial score (nSPS) is 18.8. The Bertz CT molecular complexity index is 841. The summed E-state index contributed by atoms with van der Waals surface area (Å²) in [7, 11) is -3.57. The van der Waals surface area contributed by atoms with Crippen LogP contribution in [0.25, 0.3) is 0 Å². The van der Waals surface area contributed by atoms with E-state index in [1.165, 1.54) is 4.31 Å². The van der Waals surface area contributed by atoms with Gasteiger partial charge in [0.15, 0.2) is 0 Å². The van der Waals surface area contributed by atoms with Crippen LogP contribution >= 0.6 is 0 Å². The first-order valence-corrected chi connectivity index (χ1v) is 10.6. The molecule has 0 unspecified atom stereocenters. The first kappa shape index (κ1) is 19.5. The van der Waals surface area contributed by atoms with Gasteiger partial charge in [-0.2, -0.15) is 9.41 Å². The maximum Gasteiger partial charge on any atom is 0.270 e. The van der Waals surface area contributed by atoms with Crippen LogP contribution in [0.5, 0.6) is 0 Å². The minimum absolute atomic E-state index is 0.201. The summed E-state index contributed by atoms with van der Waals surface area (Å²) in [4.78, 5) is 25.5. The number of aryl methyl sites for hydroxylation is 1. The SMILES string of the molecule is CCCc1ccc(S(=O)(=O)N2CCN(C(=O)C3=NNC(=O)CC3)CC2)cc1. The zero-order valence-electron chi connectivity index (χ0n) is 15.3. The maximum absolute atomic E-state index is 12.8. The van der Waals surface area contributed by atoms with Crippen molar-refractivity contribution in [3.63, 3.8) is 0 Å². The van der Waals surface area contributed by atoms with Crippen LogP contribution in [0.15, 0.2) is 34.3 Å². The van der Waals surface area contributed by atoms with E-state index >= 15 is 0 Å². The fourth-order valence-electron chi connectivity index (χ4n) is 3.21. The molecule has 1 N–H and O–H groups in total. The number of hydrogen-bond donors (Lipinski definition) is 1. The Kier molecular flexibility index (Phi) is 5.91. The monoisotopic (exact) mass is 392 g/mol. The molecule has 27 heavy (non-hydrogen) atoms. The predicted octanol–water partition coefficient (Wildman–Crippen LogP) is 0.738. The van der Waals surface area contributed by atoms with E-state index in [1.54, 1.807) is 17.0 Å². The van der Waals surface area contributed by atoms with Crippen molar-refractivity contribution in [2.75, 3.05) is 26.2 Å². The summed E-state index contributed by atoms with van der Waals surface area (Å²) in [6.07, 6.45) is 2.49. The van der Waals surface area contributed by atoms with E-state index < -0.39 is 10.0 Å². The molecular formula is C18H24N4O4S. The van der Waals surface area contributed by atoms with Crippen LogP contribution in [-0.2, 0) is 26.0 Å². The molecule has 1 fully saturated rings. The fraction of sp³-hybridized carbons (Fsp3) is 0.500. The van der Waals surface area contributed by atoms with Crippen LogP contribution in [0.3, 0.4) is 0 Å². The second-order valence-electron chi connectivity index (χ2n) is 6.68. The zero-order chi connectivity index (χ0) is 19.4. The van der Waals surface area contributed by atoms with Gasteiger partial charge in [-0.3, -0.25) is 9.59 Å². The van der Waals surface area contributed by atoms with Gasteiger partial charge in [0, 0.05) is 39.0 Å². The number of hydrogen-bond acceptors (Lipinski definition) is 5. The first-order chi connectivity index (χ1) is 12.9. The Morgan fingerprint density at radius 3 is 2.33 bits per heavy atom. The molecule has 2 amide bonds.